The molecule has 0 radical (unpaired) electrons. The number of nitro groups is 1. The molecule has 0 bridgehead atoms. The Morgan fingerprint density at radius 3 is 2.79 bits per heavy atom. The third-order valence-corrected chi connectivity index (χ3v) is 4.40. The molecule has 10 nitrogen and oxygen atoms in total. The van der Waals surface area contributed by atoms with Gasteiger partial charge in [0.1, 0.15) is 5.56 Å². The van der Waals surface area contributed by atoms with Crippen molar-refractivity contribution in [3.05, 3.63) is 74.5 Å². The van der Waals surface area contributed by atoms with Crippen LogP contribution in [-0.2, 0) is 4.74 Å². The van der Waals surface area contributed by atoms with Gasteiger partial charge in [0.25, 0.3) is 11.2 Å². The minimum Gasteiger partial charge on any atom is -0.465 e. The van der Waals surface area contributed by atoms with E-state index in [0.29, 0.717) is 16.9 Å². The second-order valence-electron chi connectivity index (χ2n) is 6.01. The number of fused-ring (bicyclic) bond motifs is 3. The van der Waals surface area contributed by atoms with E-state index >= 15 is 0 Å². The van der Waals surface area contributed by atoms with E-state index in [1.807, 2.05) is 0 Å². The van der Waals surface area contributed by atoms with Crippen molar-refractivity contribution in [1.82, 2.24) is 19.2 Å². The number of carbonyl (C=O) groups excluding carboxylic acids is 1. The summed E-state index contributed by atoms with van der Waals surface area (Å²) < 4.78 is 7.48. The highest BCUT2D eigenvalue weighted by Gasteiger charge is 2.21. The fourth-order valence-corrected chi connectivity index (χ4v) is 3.08. The van der Waals surface area contributed by atoms with Crippen LogP contribution in [0.1, 0.15) is 16.1 Å². The molecule has 140 valence electrons. The fraction of sp³-hybridized carbons (Fsp3) is 0.111. The SMILES string of the molecule is COC(=O)c1c(C)nn2c1ncc1c(=O)n(-c3cccc([N+](=O)[O-])c3)ccc12. The van der Waals surface area contributed by atoms with Crippen LogP contribution in [0.15, 0.2) is 47.5 Å². The predicted molar refractivity (Wildman–Crippen MR) is 98.8 cm³/mol. The minimum absolute atomic E-state index is 0.122. The zero-order valence-electron chi connectivity index (χ0n) is 14.8. The Bertz CT molecular complexity index is 1340. The monoisotopic (exact) mass is 379 g/mol. The number of rotatable bonds is 3. The molecule has 0 N–H and O–H groups in total. The first-order chi connectivity index (χ1) is 13.4. The molecule has 0 aliphatic heterocycles. The van der Waals surface area contributed by atoms with Gasteiger partial charge in [-0.3, -0.25) is 19.5 Å². The predicted octanol–water partition coefficient (Wildman–Crippen LogP) is 2.04. The van der Waals surface area contributed by atoms with Gasteiger partial charge in [-0.25, -0.2) is 14.3 Å². The van der Waals surface area contributed by atoms with Crippen LogP contribution in [0.2, 0.25) is 0 Å². The molecule has 3 aromatic heterocycles. The van der Waals surface area contributed by atoms with Crippen molar-refractivity contribution in [2.75, 3.05) is 7.11 Å². The summed E-state index contributed by atoms with van der Waals surface area (Å²) in [5, 5.41) is 15.6. The number of non-ortho nitro benzene ring substituents is 1. The van der Waals surface area contributed by atoms with Crippen molar-refractivity contribution in [3.63, 3.8) is 0 Å². The summed E-state index contributed by atoms with van der Waals surface area (Å²) >= 11 is 0. The van der Waals surface area contributed by atoms with E-state index < -0.39 is 16.5 Å². The standard InChI is InChI=1S/C18H13N5O5/c1-10-15(18(25)28-2)16-19-9-13-14(22(16)20-10)6-7-21(17(13)24)11-4-3-5-12(8-11)23(26)27/h3-9H,1-2H3. The van der Waals surface area contributed by atoms with Gasteiger partial charge in [-0.2, -0.15) is 5.10 Å². The van der Waals surface area contributed by atoms with Crippen molar-refractivity contribution in [2.45, 2.75) is 6.92 Å². The summed E-state index contributed by atoms with van der Waals surface area (Å²) in [5.74, 6) is -0.565. The number of hydrogen-bond acceptors (Lipinski definition) is 7. The maximum atomic E-state index is 13.0. The molecule has 0 atom stereocenters. The number of nitrogens with zero attached hydrogens (tertiary/aromatic N) is 5. The maximum Gasteiger partial charge on any atom is 0.343 e. The number of benzene rings is 1. The van der Waals surface area contributed by atoms with Crippen LogP contribution in [0.3, 0.4) is 0 Å². The average Bonchev–Trinajstić information content (AvgIpc) is 3.04. The summed E-state index contributed by atoms with van der Waals surface area (Å²) in [6.07, 6.45) is 2.85. The largest absolute Gasteiger partial charge is 0.465 e. The van der Waals surface area contributed by atoms with Crippen molar-refractivity contribution >= 4 is 28.2 Å². The molecule has 1 aromatic carbocycles. The smallest absolute Gasteiger partial charge is 0.343 e. The number of ether oxygens (including phenoxy) is 1. The van der Waals surface area contributed by atoms with E-state index in [1.165, 1.54) is 46.8 Å². The molecule has 0 saturated heterocycles. The molecule has 4 rings (SSSR count). The first-order valence-electron chi connectivity index (χ1n) is 8.15. The molecule has 10 heteroatoms. The van der Waals surface area contributed by atoms with E-state index in [9.17, 15) is 19.7 Å². The Morgan fingerprint density at radius 2 is 2.07 bits per heavy atom. The lowest BCUT2D eigenvalue weighted by molar-refractivity contribution is -0.384. The van der Waals surface area contributed by atoms with Crippen molar-refractivity contribution in [2.24, 2.45) is 0 Å². The van der Waals surface area contributed by atoms with Gasteiger partial charge in [-0.15, -0.1) is 0 Å². The van der Waals surface area contributed by atoms with E-state index in [2.05, 4.69) is 10.1 Å². The Labute approximate surface area is 156 Å². The van der Waals surface area contributed by atoms with E-state index in [1.54, 1.807) is 19.1 Å². The normalized spacial score (nSPS) is 11.1. The molecule has 0 saturated carbocycles. The lowest BCUT2D eigenvalue weighted by atomic mass is 10.2. The Kier molecular flexibility index (Phi) is 3.88. The van der Waals surface area contributed by atoms with Crippen LogP contribution < -0.4 is 5.56 Å². The third kappa shape index (κ3) is 2.50. The van der Waals surface area contributed by atoms with Gasteiger partial charge in [0, 0.05) is 24.5 Å². The summed E-state index contributed by atoms with van der Waals surface area (Å²) in [4.78, 5) is 39.7. The molecule has 0 fully saturated rings. The van der Waals surface area contributed by atoms with Crippen LogP contribution >= 0.6 is 0 Å². The highest BCUT2D eigenvalue weighted by molar-refractivity contribution is 5.98. The zero-order valence-corrected chi connectivity index (χ0v) is 14.8. The quantitative estimate of drug-likeness (QED) is 0.303. The number of pyridine rings is 1. The highest BCUT2D eigenvalue weighted by Crippen LogP contribution is 2.20. The second-order valence-corrected chi connectivity index (χ2v) is 6.01. The van der Waals surface area contributed by atoms with Gasteiger partial charge < -0.3 is 4.74 Å². The van der Waals surface area contributed by atoms with Crippen molar-refractivity contribution in [1.29, 1.82) is 0 Å². The fourth-order valence-electron chi connectivity index (χ4n) is 3.08. The Balaban J connectivity index is 1.97. The summed E-state index contributed by atoms with van der Waals surface area (Å²) in [6, 6.07) is 7.40. The second kappa shape index (κ2) is 6.27. The van der Waals surface area contributed by atoms with Gasteiger partial charge in [0.05, 0.1) is 34.3 Å². The van der Waals surface area contributed by atoms with E-state index in [4.69, 9.17) is 4.74 Å². The van der Waals surface area contributed by atoms with Crippen LogP contribution in [0.4, 0.5) is 5.69 Å². The third-order valence-electron chi connectivity index (χ3n) is 4.40. The number of methoxy groups -OCH3 is 1. The van der Waals surface area contributed by atoms with Gasteiger partial charge in [-0.05, 0) is 19.1 Å². The minimum atomic E-state index is -0.565. The summed E-state index contributed by atoms with van der Waals surface area (Å²) in [5.41, 5.74) is 1.21. The number of hydrogen-bond donors (Lipinski definition) is 0. The number of nitro benzene ring substituents is 1. The molecule has 0 unspecified atom stereocenters. The van der Waals surface area contributed by atoms with Crippen LogP contribution in [-0.4, -0.2) is 37.2 Å². The Hall–Kier alpha value is -4.08. The van der Waals surface area contributed by atoms with Gasteiger partial charge >= 0.3 is 5.97 Å². The average molecular weight is 379 g/mol. The molecule has 3 heterocycles. The molecule has 0 spiro atoms. The molecule has 0 aliphatic rings. The molecule has 4 aromatic rings. The number of carbonyl (C=O) groups is 1. The van der Waals surface area contributed by atoms with Crippen LogP contribution in [0, 0.1) is 17.0 Å². The number of aromatic nitrogens is 4. The van der Waals surface area contributed by atoms with Crippen molar-refractivity contribution in [3.8, 4) is 5.69 Å². The lowest BCUT2D eigenvalue weighted by Gasteiger charge is -2.08. The van der Waals surface area contributed by atoms with Crippen LogP contribution in [0.5, 0.6) is 0 Å². The summed E-state index contributed by atoms with van der Waals surface area (Å²) in [6.45, 7) is 1.65. The summed E-state index contributed by atoms with van der Waals surface area (Å²) in [7, 11) is 1.27. The Morgan fingerprint density at radius 1 is 1.29 bits per heavy atom. The van der Waals surface area contributed by atoms with Gasteiger partial charge in [-0.1, -0.05) is 6.07 Å². The number of esters is 1. The van der Waals surface area contributed by atoms with Crippen LogP contribution in [0.25, 0.3) is 22.2 Å². The van der Waals surface area contributed by atoms with E-state index in [-0.39, 0.29) is 22.3 Å². The molecule has 0 aliphatic carbocycles. The van der Waals surface area contributed by atoms with Crippen molar-refractivity contribution < 1.29 is 14.5 Å². The van der Waals surface area contributed by atoms with Gasteiger partial charge in [0.2, 0.25) is 0 Å². The maximum absolute atomic E-state index is 13.0. The lowest BCUT2D eigenvalue weighted by Crippen LogP contribution is -2.19. The molecular weight excluding hydrogens is 366 g/mol. The molecule has 28 heavy (non-hydrogen) atoms. The zero-order chi connectivity index (χ0) is 20.0. The number of aryl methyl sites for hydroxylation is 1. The first kappa shape index (κ1) is 17.3. The molecule has 0 amide bonds. The van der Waals surface area contributed by atoms with E-state index in [0.717, 1.165) is 0 Å². The topological polar surface area (TPSA) is 122 Å². The van der Waals surface area contributed by atoms with Gasteiger partial charge in [0.15, 0.2) is 5.65 Å². The highest BCUT2D eigenvalue weighted by atomic mass is 16.6. The first-order valence-corrected chi connectivity index (χ1v) is 8.15. The molecular formula is C18H13N5O5.